The molecule has 0 atom stereocenters. The van der Waals surface area contributed by atoms with E-state index in [0.717, 1.165) is 18.5 Å². The summed E-state index contributed by atoms with van der Waals surface area (Å²) in [5.41, 5.74) is -0.138. The van der Waals surface area contributed by atoms with Gasteiger partial charge in [-0.3, -0.25) is 4.68 Å². The van der Waals surface area contributed by atoms with Crippen molar-refractivity contribution >= 4 is 0 Å². The van der Waals surface area contributed by atoms with Gasteiger partial charge in [0.25, 0.3) is 0 Å². The Kier molecular flexibility index (Phi) is 2.58. The summed E-state index contributed by atoms with van der Waals surface area (Å²) in [5.74, 6) is -0.801. The Bertz CT molecular complexity index is 609. The minimum Gasteiger partial charge on any atom is -0.269 e. The van der Waals surface area contributed by atoms with Crippen LogP contribution >= 0.6 is 0 Å². The number of hydrogen-bond donors (Lipinski definition) is 0. The normalized spacial score (nSPS) is 14.7. The maximum absolute atomic E-state index is 13.6. The van der Waals surface area contributed by atoms with Gasteiger partial charge in [-0.15, -0.1) is 0 Å². The molecule has 0 spiro atoms. The van der Waals surface area contributed by atoms with Crippen LogP contribution in [0.1, 0.15) is 17.8 Å². The van der Waals surface area contributed by atoms with Crippen LogP contribution in [-0.2, 0) is 19.1 Å². The van der Waals surface area contributed by atoms with Gasteiger partial charge in [-0.05, 0) is 25.0 Å². The second-order valence-electron chi connectivity index (χ2n) is 4.39. The summed E-state index contributed by atoms with van der Waals surface area (Å²) in [6.45, 7) is 0.716. The number of halogens is 4. The van der Waals surface area contributed by atoms with E-state index in [1.165, 1.54) is 0 Å². The minimum absolute atomic E-state index is 0.163. The third kappa shape index (κ3) is 2.09. The maximum Gasteiger partial charge on any atom is 0.433 e. The molecule has 0 aliphatic carbocycles. The van der Waals surface area contributed by atoms with Crippen molar-refractivity contribution in [1.82, 2.24) is 14.8 Å². The average molecular weight is 271 g/mol. The quantitative estimate of drug-likeness (QED) is 0.746. The Labute approximate surface area is 105 Å². The average Bonchev–Trinajstić information content (AvgIpc) is 2.88. The van der Waals surface area contributed by atoms with E-state index in [0.29, 0.717) is 18.8 Å². The highest BCUT2D eigenvalue weighted by Crippen LogP contribution is 2.32. The van der Waals surface area contributed by atoms with Gasteiger partial charge in [0.2, 0.25) is 0 Å². The van der Waals surface area contributed by atoms with Gasteiger partial charge in [0.05, 0.1) is 11.9 Å². The zero-order valence-corrected chi connectivity index (χ0v) is 9.71. The minimum atomic E-state index is -4.59. The zero-order valence-electron chi connectivity index (χ0n) is 9.71. The SMILES string of the molecule is Fc1cnc(C(F)(F)F)cc1-c1cc2n(n1)CCC2. The summed E-state index contributed by atoms with van der Waals surface area (Å²) in [6, 6.07) is 2.33. The van der Waals surface area contributed by atoms with Crippen molar-refractivity contribution in [2.45, 2.75) is 25.6 Å². The van der Waals surface area contributed by atoms with E-state index in [9.17, 15) is 17.6 Å². The molecule has 0 fully saturated rings. The highest BCUT2D eigenvalue weighted by Gasteiger charge is 2.33. The second-order valence-corrected chi connectivity index (χ2v) is 4.39. The highest BCUT2D eigenvalue weighted by molar-refractivity contribution is 5.60. The first-order valence-electron chi connectivity index (χ1n) is 5.75. The van der Waals surface area contributed by atoms with E-state index in [-0.39, 0.29) is 11.3 Å². The molecule has 3 heterocycles. The third-order valence-electron chi connectivity index (χ3n) is 3.09. The van der Waals surface area contributed by atoms with Gasteiger partial charge < -0.3 is 0 Å². The standard InChI is InChI=1S/C12H9F4N3/c13-9-6-17-11(12(14,15)16)5-8(9)10-4-7-2-1-3-19(7)18-10/h4-6H,1-3H2. The summed E-state index contributed by atoms with van der Waals surface area (Å²) in [7, 11) is 0. The van der Waals surface area contributed by atoms with Crippen LogP contribution in [-0.4, -0.2) is 14.8 Å². The molecule has 19 heavy (non-hydrogen) atoms. The molecule has 0 saturated carbocycles. The first kappa shape index (κ1) is 12.1. The van der Waals surface area contributed by atoms with Crippen molar-refractivity contribution in [3.8, 4) is 11.3 Å². The Morgan fingerprint density at radius 1 is 1.21 bits per heavy atom. The lowest BCUT2D eigenvalue weighted by Crippen LogP contribution is -2.08. The molecule has 1 aliphatic heterocycles. The summed E-state index contributed by atoms with van der Waals surface area (Å²) in [6.07, 6.45) is -2.24. The highest BCUT2D eigenvalue weighted by atomic mass is 19.4. The molecule has 0 saturated heterocycles. The second kappa shape index (κ2) is 4.04. The fraction of sp³-hybridized carbons (Fsp3) is 0.333. The fourth-order valence-corrected chi connectivity index (χ4v) is 2.18. The summed E-state index contributed by atoms with van der Waals surface area (Å²) < 4.78 is 53.0. The largest absolute Gasteiger partial charge is 0.433 e. The van der Waals surface area contributed by atoms with Crippen molar-refractivity contribution in [3.63, 3.8) is 0 Å². The smallest absolute Gasteiger partial charge is 0.269 e. The van der Waals surface area contributed by atoms with E-state index >= 15 is 0 Å². The first-order valence-corrected chi connectivity index (χ1v) is 5.75. The molecule has 0 aromatic carbocycles. The lowest BCUT2D eigenvalue weighted by atomic mass is 10.1. The number of pyridine rings is 1. The predicted octanol–water partition coefficient (Wildman–Crippen LogP) is 3.05. The molecule has 100 valence electrons. The van der Waals surface area contributed by atoms with E-state index in [4.69, 9.17) is 0 Å². The number of hydrogen-bond acceptors (Lipinski definition) is 2. The first-order chi connectivity index (χ1) is 8.95. The Hall–Kier alpha value is -1.92. The number of aromatic nitrogens is 3. The molecule has 3 rings (SSSR count). The third-order valence-corrected chi connectivity index (χ3v) is 3.09. The molecule has 0 N–H and O–H groups in total. The molecule has 3 nitrogen and oxygen atoms in total. The fourth-order valence-electron chi connectivity index (χ4n) is 2.18. The summed E-state index contributed by atoms with van der Waals surface area (Å²) >= 11 is 0. The van der Waals surface area contributed by atoms with Crippen molar-refractivity contribution in [3.05, 3.63) is 35.5 Å². The van der Waals surface area contributed by atoms with E-state index < -0.39 is 17.7 Å². The molecule has 0 unspecified atom stereocenters. The molecule has 0 radical (unpaired) electrons. The predicted molar refractivity (Wildman–Crippen MR) is 58.7 cm³/mol. The van der Waals surface area contributed by atoms with Gasteiger partial charge in [-0.1, -0.05) is 0 Å². The summed E-state index contributed by atoms with van der Waals surface area (Å²) in [5, 5.41) is 4.13. The topological polar surface area (TPSA) is 30.7 Å². The monoisotopic (exact) mass is 271 g/mol. The van der Waals surface area contributed by atoms with Crippen molar-refractivity contribution in [2.24, 2.45) is 0 Å². The van der Waals surface area contributed by atoms with E-state index in [1.54, 1.807) is 10.7 Å². The van der Waals surface area contributed by atoms with Crippen molar-refractivity contribution < 1.29 is 17.6 Å². The van der Waals surface area contributed by atoms with Crippen LogP contribution in [0.15, 0.2) is 18.3 Å². The van der Waals surface area contributed by atoms with Crippen molar-refractivity contribution in [1.29, 1.82) is 0 Å². The lowest BCUT2D eigenvalue weighted by molar-refractivity contribution is -0.141. The number of nitrogens with zero attached hydrogens (tertiary/aromatic N) is 3. The molecular formula is C12H9F4N3. The lowest BCUT2D eigenvalue weighted by Gasteiger charge is -2.07. The van der Waals surface area contributed by atoms with Crippen molar-refractivity contribution in [2.75, 3.05) is 0 Å². The van der Waals surface area contributed by atoms with E-state index in [1.807, 2.05) is 0 Å². The zero-order chi connectivity index (χ0) is 13.6. The van der Waals surface area contributed by atoms with E-state index in [2.05, 4.69) is 10.1 Å². The molecule has 2 aromatic heterocycles. The van der Waals surface area contributed by atoms with Gasteiger partial charge in [0.1, 0.15) is 5.69 Å². The maximum atomic E-state index is 13.6. The van der Waals surface area contributed by atoms with Crippen LogP contribution in [0.25, 0.3) is 11.3 Å². The van der Waals surface area contributed by atoms with Crippen LogP contribution < -0.4 is 0 Å². The molecule has 0 bridgehead atoms. The van der Waals surface area contributed by atoms with Crippen LogP contribution in [0.5, 0.6) is 0 Å². The van der Waals surface area contributed by atoms with Crippen LogP contribution in [0.2, 0.25) is 0 Å². The number of aryl methyl sites for hydroxylation is 2. The van der Waals surface area contributed by atoms with Gasteiger partial charge in [-0.2, -0.15) is 18.3 Å². The molecule has 1 aliphatic rings. The van der Waals surface area contributed by atoms with Crippen LogP contribution in [0.4, 0.5) is 17.6 Å². The number of alkyl halides is 3. The number of fused-ring (bicyclic) bond motifs is 1. The van der Waals surface area contributed by atoms with Gasteiger partial charge in [-0.25, -0.2) is 9.37 Å². The molecule has 2 aromatic rings. The van der Waals surface area contributed by atoms with Gasteiger partial charge >= 0.3 is 6.18 Å². The van der Waals surface area contributed by atoms with Gasteiger partial charge in [0.15, 0.2) is 5.82 Å². The van der Waals surface area contributed by atoms with Gasteiger partial charge in [0, 0.05) is 17.8 Å². The Morgan fingerprint density at radius 3 is 2.68 bits per heavy atom. The van der Waals surface area contributed by atoms with Crippen LogP contribution in [0, 0.1) is 5.82 Å². The Morgan fingerprint density at radius 2 is 2.00 bits per heavy atom. The summed E-state index contributed by atoms with van der Waals surface area (Å²) in [4.78, 5) is 3.06. The molecular weight excluding hydrogens is 262 g/mol. The molecule has 0 amide bonds. The Balaban J connectivity index is 2.08. The van der Waals surface area contributed by atoms with Crippen LogP contribution in [0.3, 0.4) is 0 Å². The number of rotatable bonds is 1. The molecule has 7 heteroatoms.